The summed E-state index contributed by atoms with van der Waals surface area (Å²) in [5, 5.41) is 9.07. The first-order chi connectivity index (χ1) is 14.1. The maximum atomic E-state index is 11.0. The molecule has 1 aromatic carbocycles. The van der Waals surface area contributed by atoms with Crippen LogP contribution in [0.3, 0.4) is 0 Å². The Morgan fingerprint density at radius 2 is 2.10 bits per heavy atom. The molecule has 2 aromatic rings. The van der Waals surface area contributed by atoms with E-state index in [1.165, 1.54) is 29.7 Å². The van der Waals surface area contributed by atoms with Crippen LogP contribution in [0.2, 0.25) is 0 Å². The first kappa shape index (κ1) is 21.9. The number of carbonyl (C=O) groups is 1. The molecule has 2 heterocycles. The number of hydrogen-bond donors (Lipinski definition) is 1. The van der Waals surface area contributed by atoms with Gasteiger partial charge in [-0.1, -0.05) is 44.1 Å². The second-order valence-electron chi connectivity index (χ2n) is 7.29. The van der Waals surface area contributed by atoms with Gasteiger partial charge >= 0.3 is 5.97 Å². The number of benzene rings is 1. The van der Waals surface area contributed by atoms with Crippen LogP contribution in [0.4, 0.5) is 5.69 Å². The molecule has 0 bridgehead atoms. The highest BCUT2D eigenvalue weighted by molar-refractivity contribution is 7.13. The molecule has 1 aliphatic rings. The van der Waals surface area contributed by atoms with Gasteiger partial charge in [0.25, 0.3) is 0 Å². The van der Waals surface area contributed by atoms with Gasteiger partial charge in [0.2, 0.25) is 0 Å². The lowest BCUT2D eigenvalue weighted by atomic mass is 10.1. The number of ether oxygens (including phenoxy) is 1. The summed E-state index contributed by atoms with van der Waals surface area (Å²) in [7, 11) is 0. The second kappa shape index (κ2) is 10.8. The number of allylic oxidation sites excluding steroid dienone is 1. The first-order valence-electron chi connectivity index (χ1n) is 10.2. The smallest absolute Gasteiger partial charge is 0.345 e. The van der Waals surface area contributed by atoms with Crippen LogP contribution in [0.15, 0.2) is 42.5 Å². The van der Waals surface area contributed by atoms with Gasteiger partial charge in [-0.25, -0.2) is 4.79 Å². The zero-order valence-corrected chi connectivity index (χ0v) is 18.3. The summed E-state index contributed by atoms with van der Waals surface area (Å²) < 4.78 is 5.90. The fourth-order valence-electron chi connectivity index (χ4n) is 3.50. The highest BCUT2D eigenvalue weighted by atomic mass is 35.5. The quantitative estimate of drug-likeness (QED) is 0.366. The van der Waals surface area contributed by atoms with Crippen molar-refractivity contribution in [2.24, 2.45) is 0 Å². The number of unbranched alkanes of at least 4 members (excludes halogenated alkanes) is 2. The SMILES string of the molecule is CCCC/C=C/c1ccc(N2CC[C@H](Cl)[C@H]2COCc2ccc(C(=O)O)s2)cc1. The van der Waals surface area contributed by atoms with Crippen molar-refractivity contribution in [1.82, 2.24) is 0 Å². The van der Waals surface area contributed by atoms with Crippen molar-refractivity contribution in [2.75, 3.05) is 18.1 Å². The van der Waals surface area contributed by atoms with E-state index in [0.717, 1.165) is 30.0 Å². The minimum absolute atomic E-state index is 0.0431. The number of nitrogens with zero attached hydrogens (tertiary/aromatic N) is 1. The number of halogens is 1. The number of carboxylic acid groups (broad SMARTS) is 1. The van der Waals surface area contributed by atoms with Crippen LogP contribution in [0.5, 0.6) is 0 Å². The highest BCUT2D eigenvalue weighted by Crippen LogP contribution is 2.30. The van der Waals surface area contributed by atoms with E-state index in [9.17, 15) is 4.79 Å². The number of rotatable bonds is 10. The van der Waals surface area contributed by atoms with Gasteiger partial charge in [-0.05, 0) is 42.7 Å². The van der Waals surface area contributed by atoms with Crippen molar-refractivity contribution < 1.29 is 14.6 Å². The number of aromatic carboxylic acids is 1. The molecule has 0 radical (unpaired) electrons. The fourth-order valence-corrected chi connectivity index (χ4v) is 4.59. The Kier molecular flexibility index (Phi) is 8.16. The molecule has 0 spiro atoms. The molecule has 1 N–H and O–H groups in total. The molecule has 0 amide bonds. The second-order valence-corrected chi connectivity index (χ2v) is 9.02. The maximum Gasteiger partial charge on any atom is 0.345 e. The van der Waals surface area contributed by atoms with Gasteiger partial charge in [0.15, 0.2) is 0 Å². The monoisotopic (exact) mass is 433 g/mol. The summed E-state index contributed by atoms with van der Waals surface area (Å²) in [4.78, 5) is 14.6. The topological polar surface area (TPSA) is 49.8 Å². The lowest BCUT2D eigenvalue weighted by molar-refractivity contribution is 0.0702. The molecular weight excluding hydrogens is 406 g/mol. The minimum Gasteiger partial charge on any atom is -0.477 e. The molecule has 29 heavy (non-hydrogen) atoms. The Labute approximate surface area is 181 Å². The van der Waals surface area contributed by atoms with Crippen molar-refractivity contribution in [1.29, 1.82) is 0 Å². The third-order valence-electron chi connectivity index (χ3n) is 5.13. The molecule has 3 rings (SSSR count). The fraction of sp³-hybridized carbons (Fsp3) is 0.435. The largest absolute Gasteiger partial charge is 0.477 e. The molecule has 1 fully saturated rings. The third-order valence-corrected chi connectivity index (χ3v) is 6.68. The van der Waals surface area contributed by atoms with E-state index in [4.69, 9.17) is 21.4 Å². The van der Waals surface area contributed by atoms with Crippen molar-refractivity contribution in [3.05, 3.63) is 57.8 Å². The molecule has 1 aromatic heterocycles. The van der Waals surface area contributed by atoms with E-state index < -0.39 is 5.97 Å². The molecule has 1 saturated heterocycles. The van der Waals surface area contributed by atoms with E-state index in [0.29, 0.717) is 18.1 Å². The zero-order valence-electron chi connectivity index (χ0n) is 16.7. The Morgan fingerprint density at radius 1 is 1.31 bits per heavy atom. The number of carboxylic acids is 1. The summed E-state index contributed by atoms with van der Waals surface area (Å²) in [6, 6.07) is 12.1. The minimum atomic E-state index is -0.896. The molecule has 0 saturated carbocycles. The van der Waals surface area contributed by atoms with Gasteiger partial charge in [0.05, 0.1) is 24.6 Å². The number of thiophene rings is 1. The van der Waals surface area contributed by atoms with E-state index in [2.05, 4.69) is 48.2 Å². The van der Waals surface area contributed by atoms with Crippen LogP contribution in [0.1, 0.15) is 52.7 Å². The van der Waals surface area contributed by atoms with E-state index in [1.807, 2.05) is 6.07 Å². The summed E-state index contributed by atoms with van der Waals surface area (Å²) in [5.41, 5.74) is 2.38. The number of alkyl halides is 1. The van der Waals surface area contributed by atoms with Crippen LogP contribution in [0.25, 0.3) is 6.08 Å². The lowest BCUT2D eigenvalue weighted by Gasteiger charge is -2.28. The van der Waals surface area contributed by atoms with Crippen molar-refractivity contribution >= 4 is 40.7 Å². The Balaban J connectivity index is 1.55. The van der Waals surface area contributed by atoms with Crippen LogP contribution < -0.4 is 4.90 Å². The van der Waals surface area contributed by atoms with E-state index >= 15 is 0 Å². The highest BCUT2D eigenvalue weighted by Gasteiger charge is 2.33. The number of hydrogen-bond acceptors (Lipinski definition) is 4. The van der Waals surface area contributed by atoms with Gasteiger partial charge in [0, 0.05) is 17.1 Å². The molecule has 4 nitrogen and oxygen atoms in total. The van der Waals surface area contributed by atoms with Crippen molar-refractivity contribution in [3.8, 4) is 0 Å². The summed E-state index contributed by atoms with van der Waals surface area (Å²) in [6.45, 7) is 4.05. The van der Waals surface area contributed by atoms with E-state index in [1.54, 1.807) is 6.07 Å². The van der Waals surface area contributed by atoms with Crippen LogP contribution in [-0.2, 0) is 11.3 Å². The predicted octanol–water partition coefficient (Wildman–Crippen LogP) is 6.05. The normalized spacial score (nSPS) is 19.3. The number of anilines is 1. The third kappa shape index (κ3) is 6.08. The van der Waals surface area contributed by atoms with E-state index in [-0.39, 0.29) is 11.4 Å². The summed E-state index contributed by atoms with van der Waals surface area (Å²) in [5.74, 6) is -0.896. The van der Waals surface area contributed by atoms with Crippen LogP contribution in [-0.4, -0.2) is 35.6 Å². The Hall–Kier alpha value is -1.82. The maximum absolute atomic E-state index is 11.0. The molecule has 156 valence electrons. The van der Waals surface area contributed by atoms with Crippen molar-refractivity contribution in [3.63, 3.8) is 0 Å². The Bertz CT molecular complexity index is 818. The first-order valence-corrected chi connectivity index (χ1v) is 11.4. The lowest BCUT2D eigenvalue weighted by Crippen LogP contribution is -2.37. The molecule has 0 aliphatic carbocycles. The predicted molar refractivity (Wildman–Crippen MR) is 121 cm³/mol. The molecule has 0 unspecified atom stereocenters. The standard InChI is InChI=1S/C23H28ClNO3S/c1-2-3-4-5-6-17-7-9-18(10-8-17)25-14-13-20(24)21(25)16-28-15-19-11-12-22(29-19)23(26)27/h5-12,20-21H,2-4,13-16H2,1H3,(H,26,27)/b6-5+/t20-,21+/m0/s1. The average Bonchev–Trinajstić information content (AvgIpc) is 3.33. The molecule has 6 heteroatoms. The van der Waals surface area contributed by atoms with Crippen LogP contribution >= 0.6 is 22.9 Å². The molecular formula is C23H28ClNO3S. The average molecular weight is 434 g/mol. The van der Waals surface area contributed by atoms with Gasteiger partial charge in [-0.2, -0.15) is 0 Å². The van der Waals surface area contributed by atoms with Crippen molar-refractivity contribution in [2.45, 2.75) is 50.6 Å². The van der Waals surface area contributed by atoms with Gasteiger partial charge < -0.3 is 14.7 Å². The molecule has 2 atom stereocenters. The van der Waals surface area contributed by atoms with Gasteiger partial charge in [-0.15, -0.1) is 22.9 Å². The molecule has 1 aliphatic heterocycles. The zero-order chi connectivity index (χ0) is 20.6. The van der Waals surface area contributed by atoms with Gasteiger partial charge in [-0.3, -0.25) is 0 Å². The summed E-state index contributed by atoms with van der Waals surface area (Å²) >= 11 is 7.83. The van der Waals surface area contributed by atoms with Gasteiger partial charge in [0.1, 0.15) is 4.88 Å². The summed E-state index contributed by atoms with van der Waals surface area (Å²) in [6.07, 6.45) is 8.91. The van der Waals surface area contributed by atoms with Crippen LogP contribution in [0, 0.1) is 0 Å². The Morgan fingerprint density at radius 3 is 2.79 bits per heavy atom.